The second-order valence-electron chi connectivity index (χ2n) is 5.13. The van der Waals surface area contributed by atoms with Crippen molar-refractivity contribution in [1.82, 2.24) is 0 Å². The third kappa shape index (κ3) is 2.85. The predicted octanol–water partition coefficient (Wildman–Crippen LogP) is 4.60. The van der Waals surface area contributed by atoms with Crippen LogP contribution in [-0.4, -0.2) is 13.3 Å². The van der Waals surface area contributed by atoms with Crippen molar-refractivity contribution in [3.63, 3.8) is 0 Å². The molecular weight excluding hydrogens is 342 g/mol. The molecule has 0 heterocycles. The quantitative estimate of drug-likeness (QED) is 0.469. The van der Waals surface area contributed by atoms with E-state index in [4.69, 9.17) is 5.73 Å². The van der Waals surface area contributed by atoms with Crippen LogP contribution in [0.25, 0.3) is 0 Å². The van der Waals surface area contributed by atoms with Crippen LogP contribution in [0.2, 0.25) is 0 Å². The standard InChI is InChI=1S/C18H17NO3S2/c19-15-10-4-6-12-17(15)24(22,14-8-2-1-3-9-14)18-13-7-5-11-16(18)23(20)21/h1-13,22H,19H2,(H,20,21). The Kier molecular flexibility index (Phi) is 4.73. The number of nitrogens with two attached hydrogens (primary N) is 1. The average molecular weight is 359 g/mol. The molecule has 0 radical (unpaired) electrons. The number of rotatable bonds is 4. The number of hydrogen-bond acceptors (Lipinski definition) is 3. The Balaban J connectivity index is 2.37. The molecule has 0 saturated heterocycles. The molecule has 3 aromatic carbocycles. The number of benzene rings is 3. The van der Waals surface area contributed by atoms with Gasteiger partial charge < -0.3 is 14.8 Å². The number of para-hydroxylation sites is 1. The van der Waals surface area contributed by atoms with Crippen molar-refractivity contribution in [2.75, 3.05) is 5.73 Å². The van der Waals surface area contributed by atoms with Crippen LogP contribution in [0, 0.1) is 0 Å². The molecule has 3 rings (SSSR count). The van der Waals surface area contributed by atoms with Gasteiger partial charge in [0, 0.05) is 20.4 Å². The van der Waals surface area contributed by atoms with Gasteiger partial charge in [0.1, 0.15) is 0 Å². The molecule has 0 fully saturated rings. The first-order valence-electron chi connectivity index (χ1n) is 7.20. The van der Waals surface area contributed by atoms with Gasteiger partial charge in [-0.2, -0.15) is 0 Å². The van der Waals surface area contributed by atoms with Gasteiger partial charge in [-0.05, 0) is 36.4 Å². The van der Waals surface area contributed by atoms with E-state index >= 15 is 0 Å². The fraction of sp³-hybridized carbons (Fsp3) is 0. The third-order valence-electron chi connectivity index (χ3n) is 3.68. The molecule has 0 bridgehead atoms. The summed E-state index contributed by atoms with van der Waals surface area (Å²) in [6, 6.07) is 22.8. The third-order valence-corrected chi connectivity index (χ3v) is 7.49. The minimum Gasteiger partial charge on any atom is -0.398 e. The summed E-state index contributed by atoms with van der Waals surface area (Å²) in [5.41, 5.74) is 6.57. The van der Waals surface area contributed by atoms with Gasteiger partial charge in [-0.3, -0.25) is 0 Å². The van der Waals surface area contributed by atoms with E-state index in [1.807, 2.05) is 18.2 Å². The van der Waals surface area contributed by atoms with E-state index in [1.165, 1.54) is 0 Å². The number of nitrogen functional groups attached to an aromatic ring is 1. The van der Waals surface area contributed by atoms with Crippen LogP contribution in [0.15, 0.2) is 98.4 Å². The topological polar surface area (TPSA) is 83.5 Å². The zero-order valence-electron chi connectivity index (χ0n) is 12.7. The summed E-state index contributed by atoms with van der Waals surface area (Å²) in [5.74, 6) is 0. The van der Waals surface area contributed by atoms with Crippen LogP contribution in [0.1, 0.15) is 0 Å². The molecular formula is C18H17NO3S2. The first-order valence-corrected chi connectivity index (χ1v) is 9.90. The number of anilines is 1. The van der Waals surface area contributed by atoms with Crippen molar-refractivity contribution in [2.24, 2.45) is 0 Å². The zero-order chi connectivity index (χ0) is 17.2. The molecule has 3 aromatic rings. The molecule has 24 heavy (non-hydrogen) atoms. The predicted molar refractivity (Wildman–Crippen MR) is 97.8 cm³/mol. The molecule has 0 amide bonds. The average Bonchev–Trinajstić information content (AvgIpc) is 2.62. The molecule has 0 aliphatic heterocycles. The Morgan fingerprint density at radius 2 is 1.33 bits per heavy atom. The van der Waals surface area contributed by atoms with Crippen LogP contribution in [0.5, 0.6) is 0 Å². The van der Waals surface area contributed by atoms with Crippen molar-refractivity contribution in [1.29, 1.82) is 0 Å². The highest BCUT2D eigenvalue weighted by Gasteiger charge is 2.33. The van der Waals surface area contributed by atoms with Crippen molar-refractivity contribution < 1.29 is 13.3 Å². The maximum Gasteiger partial charge on any atom is 0.187 e. The molecule has 0 aliphatic rings. The summed E-state index contributed by atoms with van der Waals surface area (Å²) < 4.78 is 33.3. The van der Waals surface area contributed by atoms with Crippen LogP contribution >= 0.6 is 10.3 Å². The van der Waals surface area contributed by atoms with Gasteiger partial charge in [-0.1, -0.05) is 52.8 Å². The fourth-order valence-electron chi connectivity index (χ4n) is 2.58. The highest BCUT2D eigenvalue weighted by atomic mass is 32.3. The molecule has 0 spiro atoms. The monoisotopic (exact) mass is 359 g/mol. The minimum absolute atomic E-state index is 0.183. The largest absolute Gasteiger partial charge is 0.398 e. The van der Waals surface area contributed by atoms with Gasteiger partial charge in [0.25, 0.3) is 0 Å². The van der Waals surface area contributed by atoms with Gasteiger partial charge in [0.2, 0.25) is 0 Å². The highest BCUT2D eigenvalue weighted by Crippen LogP contribution is 2.67. The summed E-state index contributed by atoms with van der Waals surface area (Å²) in [4.78, 5) is 1.80. The van der Waals surface area contributed by atoms with Crippen molar-refractivity contribution in [3.8, 4) is 0 Å². The molecule has 124 valence electrons. The smallest absolute Gasteiger partial charge is 0.187 e. The molecule has 2 atom stereocenters. The first-order chi connectivity index (χ1) is 11.5. The lowest BCUT2D eigenvalue weighted by Crippen LogP contribution is -2.08. The molecule has 4 N–H and O–H groups in total. The maximum absolute atomic E-state index is 11.8. The summed E-state index contributed by atoms with van der Waals surface area (Å²) >= 11 is -2.22. The van der Waals surface area contributed by atoms with Crippen LogP contribution < -0.4 is 5.73 Å². The van der Waals surface area contributed by atoms with Crippen LogP contribution in [0.3, 0.4) is 0 Å². The van der Waals surface area contributed by atoms with Gasteiger partial charge >= 0.3 is 0 Å². The van der Waals surface area contributed by atoms with E-state index in [0.717, 1.165) is 0 Å². The highest BCUT2D eigenvalue weighted by molar-refractivity contribution is 8.29. The lowest BCUT2D eigenvalue weighted by atomic mass is 10.3. The van der Waals surface area contributed by atoms with Crippen LogP contribution in [-0.2, 0) is 11.1 Å². The SMILES string of the molecule is Nc1ccccc1S(O)(c1ccccc1)c1ccccc1S(=O)O. The minimum atomic E-state index is -2.76. The van der Waals surface area contributed by atoms with Gasteiger partial charge in [0.05, 0.1) is 4.90 Å². The normalized spacial score (nSPS) is 16.1. The van der Waals surface area contributed by atoms with Gasteiger partial charge in [0.15, 0.2) is 11.1 Å². The molecule has 0 aliphatic carbocycles. The van der Waals surface area contributed by atoms with E-state index in [2.05, 4.69) is 0 Å². The lowest BCUT2D eigenvalue weighted by molar-refractivity contribution is 0.560. The summed E-state index contributed by atoms with van der Waals surface area (Å²) in [6.07, 6.45) is 0. The summed E-state index contributed by atoms with van der Waals surface area (Å²) in [5, 5.41) is 0. The molecule has 4 nitrogen and oxygen atoms in total. The Morgan fingerprint density at radius 1 is 0.792 bits per heavy atom. The Morgan fingerprint density at radius 3 is 1.96 bits per heavy atom. The molecule has 2 unspecified atom stereocenters. The molecule has 0 saturated carbocycles. The number of hydrogen-bond donors (Lipinski definition) is 3. The zero-order valence-corrected chi connectivity index (χ0v) is 14.3. The van der Waals surface area contributed by atoms with E-state index in [0.29, 0.717) is 20.4 Å². The first kappa shape index (κ1) is 16.7. The van der Waals surface area contributed by atoms with Crippen molar-refractivity contribution >= 4 is 27.1 Å². The Labute approximate surface area is 144 Å². The Hall–Kier alpha value is -2.12. The Bertz CT molecular complexity index is 886. The molecule has 0 aromatic heterocycles. The van der Waals surface area contributed by atoms with E-state index in [9.17, 15) is 13.3 Å². The second kappa shape index (κ2) is 6.78. The van der Waals surface area contributed by atoms with Crippen LogP contribution in [0.4, 0.5) is 5.69 Å². The van der Waals surface area contributed by atoms with Gasteiger partial charge in [-0.15, -0.1) is 0 Å². The van der Waals surface area contributed by atoms with Gasteiger partial charge in [-0.25, -0.2) is 4.21 Å². The summed E-state index contributed by atoms with van der Waals surface area (Å²) in [6.45, 7) is 0. The van der Waals surface area contributed by atoms with E-state index in [1.54, 1.807) is 60.7 Å². The lowest BCUT2D eigenvalue weighted by Gasteiger charge is -2.36. The summed E-state index contributed by atoms with van der Waals surface area (Å²) in [7, 11) is -2.76. The maximum atomic E-state index is 11.8. The fourth-order valence-corrected chi connectivity index (χ4v) is 6.20. The van der Waals surface area contributed by atoms with Crippen molar-refractivity contribution in [2.45, 2.75) is 19.6 Å². The van der Waals surface area contributed by atoms with Crippen molar-refractivity contribution in [3.05, 3.63) is 78.9 Å². The molecule has 6 heteroatoms. The van der Waals surface area contributed by atoms with E-state index < -0.39 is 21.4 Å². The van der Waals surface area contributed by atoms with E-state index in [-0.39, 0.29) is 4.90 Å². The second-order valence-corrected chi connectivity index (χ2v) is 8.58.